The predicted molar refractivity (Wildman–Crippen MR) is 94.0 cm³/mol. The molecule has 0 saturated heterocycles. The second kappa shape index (κ2) is 7.88. The Labute approximate surface area is 147 Å². The summed E-state index contributed by atoms with van der Waals surface area (Å²) >= 11 is 0. The third kappa shape index (κ3) is 4.12. The lowest BCUT2D eigenvalue weighted by Gasteiger charge is -2.53. The van der Waals surface area contributed by atoms with Gasteiger partial charge in [0.25, 0.3) is 0 Å². The number of fused-ring (bicyclic) bond motifs is 3. The third-order valence-corrected chi connectivity index (χ3v) is 7.41. The molecule has 0 unspecified atom stereocenters. The molecule has 4 aliphatic rings. The quantitative estimate of drug-likeness (QED) is 0.619. The topological polar surface area (TPSA) is 56.8 Å². The van der Waals surface area contributed by atoms with Crippen LogP contribution in [0.4, 0.5) is 0 Å². The molecule has 24 heavy (non-hydrogen) atoms. The zero-order chi connectivity index (χ0) is 16.9. The van der Waals surface area contributed by atoms with Crippen LogP contribution < -0.4 is 0 Å². The largest absolute Gasteiger partial charge is 0.378 e. The number of nitriles is 2. The monoisotopic (exact) mass is 328 g/mol. The zero-order valence-electron chi connectivity index (χ0n) is 15.1. The molecule has 4 aliphatic carbocycles. The number of rotatable bonds is 7. The fraction of sp³-hybridized carbons (Fsp3) is 0.905. The molecular weight excluding hydrogens is 296 g/mol. The summed E-state index contributed by atoms with van der Waals surface area (Å²) in [5.41, 5.74) is 0.947. The highest BCUT2D eigenvalue weighted by molar-refractivity contribution is 5.00. The van der Waals surface area contributed by atoms with Crippen molar-refractivity contribution in [3.63, 3.8) is 0 Å². The van der Waals surface area contributed by atoms with E-state index in [2.05, 4.69) is 12.1 Å². The van der Waals surface area contributed by atoms with Crippen LogP contribution in [-0.4, -0.2) is 12.7 Å². The van der Waals surface area contributed by atoms with Gasteiger partial charge >= 0.3 is 0 Å². The third-order valence-electron chi connectivity index (χ3n) is 7.41. The second-order valence-electron chi connectivity index (χ2n) is 8.81. The van der Waals surface area contributed by atoms with Crippen molar-refractivity contribution in [1.82, 2.24) is 0 Å². The first-order chi connectivity index (χ1) is 11.7. The Morgan fingerprint density at radius 2 is 1.38 bits per heavy atom. The van der Waals surface area contributed by atoms with Crippen molar-refractivity contribution >= 4 is 0 Å². The van der Waals surface area contributed by atoms with Crippen LogP contribution in [0, 0.1) is 39.4 Å². The molecule has 0 atom stereocenters. The van der Waals surface area contributed by atoms with Gasteiger partial charge in [-0.1, -0.05) is 0 Å². The van der Waals surface area contributed by atoms with Gasteiger partial charge in [0.2, 0.25) is 0 Å². The van der Waals surface area contributed by atoms with E-state index >= 15 is 0 Å². The standard InChI is InChI=1S/C21H32N2O/c22-15-1-3-18-4-6-19(7-5-18)24-17-21-12-9-20(10-13-21,11-14-21)8-2-16-23/h18-19H,1-14,17H2/t18-,19-,20?,21?. The van der Waals surface area contributed by atoms with E-state index in [9.17, 15) is 0 Å². The van der Waals surface area contributed by atoms with Gasteiger partial charge in [-0.3, -0.25) is 0 Å². The summed E-state index contributed by atoms with van der Waals surface area (Å²) in [6.45, 7) is 0.967. The summed E-state index contributed by atoms with van der Waals surface area (Å²) in [5.74, 6) is 0.757. The van der Waals surface area contributed by atoms with Crippen LogP contribution in [0.5, 0.6) is 0 Å². The van der Waals surface area contributed by atoms with E-state index in [1.807, 2.05) is 0 Å². The molecule has 0 spiro atoms. The molecule has 0 aromatic heterocycles. The van der Waals surface area contributed by atoms with E-state index in [1.165, 1.54) is 64.2 Å². The molecule has 0 radical (unpaired) electrons. The van der Waals surface area contributed by atoms with Gasteiger partial charge in [-0.05, 0) is 93.8 Å². The molecular formula is C21H32N2O. The first kappa shape index (κ1) is 17.8. The molecule has 4 saturated carbocycles. The second-order valence-corrected chi connectivity index (χ2v) is 8.81. The van der Waals surface area contributed by atoms with Crippen molar-refractivity contribution in [1.29, 1.82) is 10.5 Å². The van der Waals surface area contributed by atoms with Crippen molar-refractivity contribution < 1.29 is 4.74 Å². The highest BCUT2D eigenvalue weighted by Gasteiger charge is 2.48. The average molecular weight is 329 g/mol. The molecule has 132 valence electrons. The van der Waals surface area contributed by atoms with Gasteiger partial charge in [-0.15, -0.1) is 0 Å². The molecule has 0 aromatic rings. The van der Waals surface area contributed by atoms with Crippen molar-refractivity contribution in [3.8, 4) is 12.1 Å². The van der Waals surface area contributed by atoms with E-state index in [0.717, 1.165) is 31.8 Å². The number of nitrogens with zero attached hydrogens (tertiary/aromatic N) is 2. The van der Waals surface area contributed by atoms with Crippen LogP contribution in [0.25, 0.3) is 0 Å². The average Bonchev–Trinajstić information content (AvgIpc) is 2.66. The van der Waals surface area contributed by atoms with Gasteiger partial charge in [0.15, 0.2) is 0 Å². The number of hydrogen-bond donors (Lipinski definition) is 0. The van der Waals surface area contributed by atoms with E-state index in [1.54, 1.807) is 0 Å². The van der Waals surface area contributed by atoms with Crippen molar-refractivity contribution in [2.45, 2.75) is 96.0 Å². The Kier molecular flexibility index (Phi) is 5.83. The molecule has 3 heteroatoms. The smallest absolute Gasteiger partial charge is 0.0621 e. The van der Waals surface area contributed by atoms with Gasteiger partial charge in [-0.25, -0.2) is 0 Å². The van der Waals surface area contributed by atoms with Gasteiger partial charge in [-0.2, -0.15) is 10.5 Å². The number of ether oxygens (including phenoxy) is 1. The summed E-state index contributed by atoms with van der Waals surface area (Å²) in [6, 6.07) is 4.62. The molecule has 0 N–H and O–H groups in total. The minimum absolute atomic E-state index is 0.450. The van der Waals surface area contributed by atoms with Crippen molar-refractivity contribution in [2.24, 2.45) is 16.7 Å². The molecule has 2 bridgehead atoms. The molecule has 3 nitrogen and oxygen atoms in total. The summed E-state index contributed by atoms with van der Waals surface area (Å²) in [5, 5.41) is 17.6. The van der Waals surface area contributed by atoms with Gasteiger partial charge in [0, 0.05) is 12.8 Å². The van der Waals surface area contributed by atoms with Crippen LogP contribution in [0.3, 0.4) is 0 Å². The molecule has 0 aliphatic heterocycles. The summed E-state index contributed by atoms with van der Waals surface area (Å²) in [6.07, 6.45) is 16.9. The lowest BCUT2D eigenvalue weighted by Crippen LogP contribution is -2.44. The van der Waals surface area contributed by atoms with Crippen molar-refractivity contribution in [3.05, 3.63) is 0 Å². The van der Waals surface area contributed by atoms with E-state index in [4.69, 9.17) is 15.3 Å². The Balaban J connectivity index is 1.40. The van der Waals surface area contributed by atoms with Crippen LogP contribution in [0.1, 0.15) is 89.9 Å². The Bertz CT molecular complexity index is 468. The van der Waals surface area contributed by atoms with E-state index in [0.29, 0.717) is 23.4 Å². The van der Waals surface area contributed by atoms with Crippen LogP contribution in [-0.2, 0) is 4.74 Å². The van der Waals surface area contributed by atoms with Gasteiger partial charge in [0.05, 0.1) is 24.8 Å². The molecule has 0 aromatic carbocycles. The molecule has 4 fully saturated rings. The first-order valence-electron chi connectivity index (χ1n) is 10.0. The van der Waals surface area contributed by atoms with Crippen molar-refractivity contribution in [2.75, 3.05) is 6.61 Å². The normalized spacial score (nSPS) is 38.4. The molecule has 0 amide bonds. The predicted octanol–water partition coefficient (Wildman–Crippen LogP) is 5.51. The van der Waals surface area contributed by atoms with Crippen LogP contribution in [0.2, 0.25) is 0 Å². The van der Waals surface area contributed by atoms with Crippen LogP contribution in [0.15, 0.2) is 0 Å². The van der Waals surface area contributed by atoms with Gasteiger partial charge in [0.1, 0.15) is 0 Å². The SMILES string of the molecule is N#CCCC12CCC(CO[C@H]3CC[C@H](CCC#N)CC3)(CC1)CC2. The summed E-state index contributed by atoms with van der Waals surface area (Å²) in [7, 11) is 0. The maximum atomic E-state index is 8.88. The van der Waals surface area contributed by atoms with E-state index < -0.39 is 0 Å². The minimum atomic E-state index is 0.450. The Morgan fingerprint density at radius 1 is 0.792 bits per heavy atom. The van der Waals surface area contributed by atoms with Crippen LogP contribution >= 0.6 is 0 Å². The summed E-state index contributed by atoms with van der Waals surface area (Å²) < 4.78 is 6.39. The minimum Gasteiger partial charge on any atom is -0.378 e. The lowest BCUT2D eigenvalue weighted by atomic mass is 9.53. The molecule has 0 heterocycles. The first-order valence-corrected chi connectivity index (χ1v) is 10.0. The zero-order valence-corrected chi connectivity index (χ0v) is 15.1. The maximum absolute atomic E-state index is 8.88. The fourth-order valence-electron chi connectivity index (χ4n) is 5.40. The Morgan fingerprint density at radius 3 is 1.96 bits per heavy atom. The maximum Gasteiger partial charge on any atom is 0.0621 e. The fourth-order valence-corrected chi connectivity index (χ4v) is 5.40. The lowest BCUT2D eigenvalue weighted by molar-refractivity contribution is -0.0942. The van der Waals surface area contributed by atoms with E-state index in [-0.39, 0.29) is 0 Å². The number of hydrogen-bond acceptors (Lipinski definition) is 3. The Hall–Kier alpha value is -1.06. The summed E-state index contributed by atoms with van der Waals surface area (Å²) in [4.78, 5) is 0. The highest BCUT2D eigenvalue weighted by Crippen LogP contribution is 2.58. The van der Waals surface area contributed by atoms with Gasteiger partial charge < -0.3 is 4.74 Å². The molecule has 4 rings (SSSR count). The highest BCUT2D eigenvalue weighted by atomic mass is 16.5.